The molecule has 40 heavy (non-hydrogen) atoms. The van der Waals surface area contributed by atoms with Gasteiger partial charge in [0.25, 0.3) is 0 Å². The van der Waals surface area contributed by atoms with Crippen molar-refractivity contribution < 1.29 is 32.5 Å². The van der Waals surface area contributed by atoms with Gasteiger partial charge in [-0.1, -0.05) is 61.5 Å². The molecule has 2 aliphatic rings. The minimum atomic E-state index is -4.04. The molecule has 4 rings (SSSR count). The van der Waals surface area contributed by atoms with E-state index in [-0.39, 0.29) is 55.7 Å². The first-order valence-corrected chi connectivity index (χ1v) is 14.9. The van der Waals surface area contributed by atoms with Gasteiger partial charge in [0, 0.05) is 13.1 Å². The van der Waals surface area contributed by atoms with Gasteiger partial charge >= 0.3 is 6.09 Å². The van der Waals surface area contributed by atoms with Gasteiger partial charge in [-0.05, 0) is 42.0 Å². The normalized spacial score (nSPS) is 22.2. The molecule has 2 fully saturated rings. The van der Waals surface area contributed by atoms with Gasteiger partial charge < -0.3 is 24.6 Å². The van der Waals surface area contributed by atoms with Gasteiger partial charge in [0.15, 0.2) is 6.29 Å². The van der Waals surface area contributed by atoms with Crippen LogP contribution in [0, 0.1) is 16.7 Å². The van der Waals surface area contributed by atoms with Crippen LogP contribution in [0.1, 0.15) is 31.4 Å². The number of aliphatic hydroxyl groups excluding tert-OH is 1. The quantitative estimate of drug-likeness (QED) is 0.347. The number of rotatable bonds is 13. The summed E-state index contributed by atoms with van der Waals surface area (Å²) in [5.74, 6) is -0.0867. The van der Waals surface area contributed by atoms with Gasteiger partial charge in [0.1, 0.15) is 12.6 Å². The Morgan fingerprint density at radius 1 is 1.12 bits per heavy atom. The number of fused-ring (bicyclic) bond motifs is 1. The average Bonchev–Trinajstić information content (AvgIpc) is 3.54. The lowest BCUT2D eigenvalue weighted by Gasteiger charge is -2.31. The average molecular weight is 576 g/mol. The second kappa shape index (κ2) is 13.6. The number of amides is 1. The standard InChI is InChI=1S/C28H37N3O8S/c1-19(2)16-31(40(35,36)22-10-6-9-21(13-22)15-29-34)17-25(32)24(14-20-7-4-3-5-8-20)30-28(33)39-26-18-38-27-23(26)11-12-37-27/h3-10,13,19,23-27,32H,11-12,14-18H2,1-2H3,(H,30,33)/t23?,24-,25+,26?,27+/m0/s1. The van der Waals surface area contributed by atoms with Crippen molar-refractivity contribution in [2.75, 3.05) is 26.3 Å². The van der Waals surface area contributed by atoms with Crippen molar-refractivity contribution in [1.29, 1.82) is 0 Å². The highest BCUT2D eigenvalue weighted by Crippen LogP contribution is 2.33. The number of nitrogens with zero attached hydrogens (tertiary/aromatic N) is 2. The third-order valence-electron chi connectivity index (χ3n) is 7.05. The lowest BCUT2D eigenvalue weighted by molar-refractivity contribution is -0.0907. The van der Waals surface area contributed by atoms with Crippen LogP contribution in [-0.2, 0) is 37.2 Å². The topological polar surface area (TPSA) is 144 Å². The van der Waals surface area contributed by atoms with Gasteiger partial charge in [-0.15, -0.1) is 0 Å². The van der Waals surface area contributed by atoms with E-state index in [0.29, 0.717) is 12.2 Å². The Morgan fingerprint density at radius 3 is 2.60 bits per heavy atom. The Balaban J connectivity index is 1.52. The van der Waals surface area contributed by atoms with Crippen LogP contribution in [0.25, 0.3) is 0 Å². The maximum atomic E-state index is 13.7. The van der Waals surface area contributed by atoms with Crippen LogP contribution in [0.5, 0.6) is 0 Å². The van der Waals surface area contributed by atoms with Crippen LogP contribution in [0.3, 0.4) is 0 Å². The number of benzene rings is 2. The minimum Gasteiger partial charge on any atom is -0.443 e. The van der Waals surface area contributed by atoms with E-state index in [1.165, 1.54) is 16.4 Å². The number of hydrogen-bond acceptors (Lipinski definition) is 9. The summed E-state index contributed by atoms with van der Waals surface area (Å²) in [5, 5.41) is 17.0. The molecule has 2 aromatic carbocycles. The summed E-state index contributed by atoms with van der Waals surface area (Å²) >= 11 is 0. The van der Waals surface area contributed by atoms with E-state index >= 15 is 0 Å². The predicted molar refractivity (Wildman–Crippen MR) is 147 cm³/mol. The fourth-order valence-electron chi connectivity index (χ4n) is 5.06. The number of nitroso groups, excluding NO2 is 1. The summed E-state index contributed by atoms with van der Waals surface area (Å²) in [6.07, 6.45) is -1.84. The number of nitrogens with one attached hydrogen (secondary N) is 1. The predicted octanol–water partition coefficient (Wildman–Crippen LogP) is 3.06. The molecule has 0 saturated carbocycles. The monoisotopic (exact) mass is 575 g/mol. The van der Waals surface area contributed by atoms with Crippen molar-refractivity contribution >= 4 is 16.1 Å². The summed E-state index contributed by atoms with van der Waals surface area (Å²) in [6, 6.07) is 14.5. The first kappa shape index (κ1) is 30.1. The summed E-state index contributed by atoms with van der Waals surface area (Å²) in [4.78, 5) is 23.7. The fourth-order valence-corrected chi connectivity index (χ4v) is 6.76. The van der Waals surface area contributed by atoms with Crippen LogP contribution >= 0.6 is 0 Å². The number of ether oxygens (including phenoxy) is 3. The zero-order valence-corrected chi connectivity index (χ0v) is 23.5. The second-order valence-corrected chi connectivity index (χ2v) is 12.6. The van der Waals surface area contributed by atoms with E-state index in [9.17, 15) is 23.2 Å². The van der Waals surface area contributed by atoms with Crippen LogP contribution in [-0.4, -0.2) is 74.8 Å². The van der Waals surface area contributed by atoms with Crippen molar-refractivity contribution in [1.82, 2.24) is 9.62 Å². The zero-order valence-electron chi connectivity index (χ0n) is 22.7. The number of hydrogen-bond donors (Lipinski definition) is 2. The second-order valence-electron chi connectivity index (χ2n) is 10.6. The molecule has 2 aliphatic heterocycles. The molecule has 0 radical (unpaired) electrons. The third kappa shape index (κ3) is 7.64. The lowest BCUT2D eigenvalue weighted by Crippen LogP contribution is -2.51. The maximum absolute atomic E-state index is 13.7. The molecule has 0 aromatic heterocycles. The number of aliphatic hydroxyl groups is 1. The van der Waals surface area contributed by atoms with E-state index in [1.807, 2.05) is 44.2 Å². The van der Waals surface area contributed by atoms with Crippen molar-refractivity contribution in [3.63, 3.8) is 0 Å². The third-order valence-corrected chi connectivity index (χ3v) is 8.88. The Hall–Kier alpha value is -2.90. The van der Waals surface area contributed by atoms with E-state index in [2.05, 4.69) is 10.5 Å². The van der Waals surface area contributed by atoms with Gasteiger partial charge in [0.05, 0.1) is 36.2 Å². The van der Waals surface area contributed by atoms with Crippen molar-refractivity contribution in [3.8, 4) is 0 Å². The van der Waals surface area contributed by atoms with Gasteiger partial charge in [0.2, 0.25) is 10.0 Å². The molecule has 2 heterocycles. The molecule has 2 saturated heterocycles. The maximum Gasteiger partial charge on any atom is 0.407 e. The molecule has 0 aliphatic carbocycles. The molecule has 5 atom stereocenters. The molecule has 2 aromatic rings. The zero-order chi connectivity index (χ0) is 28.7. The number of carbonyl (C=O) groups is 1. The molecule has 0 spiro atoms. The molecule has 218 valence electrons. The van der Waals surface area contributed by atoms with Crippen LogP contribution in [0.4, 0.5) is 4.79 Å². The molecular formula is C28H37N3O8S. The Kier molecular flexibility index (Phi) is 10.3. The van der Waals surface area contributed by atoms with E-state index in [4.69, 9.17) is 14.2 Å². The van der Waals surface area contributed by atoms with Crippen LogP contribution in [0.2, 0.25) is 0 Å². The molecule has 12 heteroatoms. The van der Waals surface area contributed by atoms with E-state index in [1.54, 1.807) is 12.1 Å². The Bertz CT molecular complexity index is 1240. The minimum absolute atomic E-state index is 0.00282. The van der Waals surface area contributed by atoms with E-state index in [0.717, 1.165) is 12.0 Å². The molecule has 2 N–H and O–H groups in total. The smallest absolute Gasteiger partial charge is 0.407 e. The van der Waals surface area contributed by atoms with Crippen molar-refractivity contribution in [3.05, 3.63) is 70.6 Å². The Morgan fingerprint density at radius 2 is 1.88 bits per heavy atom. The van der Waals surface area contributed by atoms with E-state index < -0.39 is 34.4 Å². The van der Waals surface area contributed by atoms with Crippen LogP contribution < -0.4 is 5.32 Å². The van der Waals surface area contributed by atoms with Crippen molar-refractivity contribution in [2.45, 2.75) is 62.7 Å². The van der Waals surface area contributed by atoms with Crippen LogP contribution in [0.15, 0.2) is 64.7 Å². The molecule has 2 unspecified atom stereocenters. The first-order chi connectivity index (χ1) is 19.2. The highest BCUT2D eigenvalue weighted by molar-refractivity contribution is 7.89. The lowest BCUT2D eigenvalue weighted by atomic mass is 10.0. The highest BCUT2D eigenvalue weighted by Gasteiger charge is 2.44. The van der Waals surface area contributed by atoms with Gasteiger partial charge in [-0.2, -0.15) is 9.21 Å². The van der Waals surface area contributed by atoms with Gasteiger partial charge in [-0.3, -0.25) is 0 Å². The highest BCUT2D eigenvalue weighted by atomic mass is 32.2. The largest absolute Gasteiger partial charge is 0.443 e. The summed E-state index contributed by atoms with van der Waals surface area (Å²) in [5.41, 5.74) is 1.32. The molecular weight excluding hydrogens is 538 g/mol. The summed E-state index contributed by atoms with van der Waals surface area (Å²) in [7, 11) is -4.04. The summed E-state index contributed by atoms with van der Waals surface area (Å²) in [6.45, 7) is 4.25. The van der Waals surface area contributed by atoms with Gasteiger partial charge in [-0.25, -0.2) is 13.2 Å². The molecule has 0 bridgehead atoms. The number of alkyl carbamates (subject to hydrolysis) is 1. The van der Waals surface area contributed by atoms with Crippen molar-refractivity contribution in [2.24, 2.45) is 17.0 Å². The fraction of sp³-hybridized carbons (Fsp3) is 0.536. The number of sulfonamides is 1. The number of carbonyl (C=O) groups excluding carboxylic acids is 1. The molecule has 1 amide bonds. The Labute approximate surface area is 234 Å². The summed E-state index contributed by atoms with van der Waals surface area (Å²) < 4.78 is 45.3. The molecule has 11 nitrogen and oxygen atoms in total. The SMILES string of the molecule is CC(C)CN(C[C@@H](O)[C@H](Cc1ccccc1)NC(=O)OC1CO[C@H]2OCCC12)S(=O)(=O)c1cccc(CN=O)c1. The first-order valence-electron chi connectivity index (χ1n) is 13.5.